The monoisotopic (exact) mass is 542 g/mol. The second kappa shape index (κ2) is 12.4. The molecular weight excluding hydrogens is 516 g/mol. The van der Waals surface area contributed by atoms with Crippen LogP contribution in [-0.4, -0.2) is 48.8 Å². The summed E-state index contributed by atoms with van der Waals surface area (Å²) in [5, 5.41) is 21.7. The third-order valence-electron chi connectivity index (χ3n) is 5.91. The van der Waals surface area contributed by atoms with E-state index in [-0.39, 0.29) is 23.8 Å². The van der Waals surface area contributed by atoms with Gasteiger partial charge in [0.15, 0.2) is 17.2 Å². The first-order valence-electron chi connectivity index (χ1n) is 12.0. The largest absolute Gasteiger partial charge is 0.493 e. The molecule has 0 spiro atoms. The predicted octanol–water partition coefficient (Wildman–Crippen LogP) is 4.62. The van der Waals surface area contributed by atoms with Gasteiger partial charge in [0.25, 0.3) is 5.91 Å². The molecule has 0 atom stereocenters. The fraction of sp³-hybridized carbons (Fsp3) is 0.138. The zero-order chi connectivity index (χ0) is 28.6. The average molecular weight is 543 g/mol. The van der Waals surface area contributed by atoms with Gasteiger partial charge in [-0.3, -0.25) is 19.0 Å². The van der Waals surface area contributed by atoms with Crippen LogP contribution in [0.2, 0.25) is 0 Å². The van der Waals surface area contributed by atoms with Crippen molar-refractivity contribution in [2.45, 2.75) is 6.54 Å². The molecule has 0 saturated heterocycles. The van der Waals surface area contributed by atoms with Gasteiger partial charge in [-0.2, -0.15) is 0 Å². The molecule has 11 nitrogen and oxygen atoms in total. The summed E-state index contributed by atoms with van der Waals surface area (Å²) < 4.78 is 16.6. The second-order valence-electron chi connectivity index (χ2n) is 8.35. The van der Waals surface area contributed by atoms with Gasteiger partial charge < -0.3 is 24.6 Å². The van der Waals surface area contributed by atoms with E-state index in [1.807, 2.05) is 0 Å². The van der Waals surface area contributed by atoms with E-state index >= 15 is 0 Å². The summed E-state index contributed by atoms with van der Waals surface area (Å²) in [6.07, 6.45) is 1.42. The molecule has 1 aromatic heterocycles. The third-order valence-corrected chi connectivity index (χ3v) is 5.91. The second-order valence-corrected chi connectivity index (χ2v) is 8.35. The highest BCUT2D eigenvalue weighted by molar-refractivity contribution is 6.06. The fourth-order valence-electron chi connectivity index (χ4n) is 3.92. The Morgan fingerprint density at radius 3 is 2.33 bits per heavy atom. The molecule has 1 heterocycles. The van der Waals surface area contributed by atoms with Crippen molar-refractivity contribution < 1.29 is 33.7 Å². The number of carbonyl (C=O) groups excluding carboxylic acids is 3. The molecule has 11 heteroatoms. The number of nitrogens with one attached hydrogen (secondary N) is 1. The fourth-order valence-corrected chi connectivity index (χ4v) is 3.92. The van der Waals surface area contributed by atoms with Crippen molar-refractivity contribution in [3.05, 3.63) is 89.6 Å². The Balaban J connectivity index is 1.73. The van der Waals surface area contributed by atoms with Crippen molar-refractivity contribution in [1.29, 1.82) is 0 Å². The molecule has 3 aromatic carbocycles. The van der Waals surface area contributed by atoms with E-state index in [2.05, 4.69) is 15.5 Å². The maximum Gasteiger partial charge on any atom is 0.325 e. The maximum atomic E-state index is 13.3. The minimum atomic E-state index is -0.886. The predicted molar refractivity (Wildman–Crippen MR) is 147 cm³/mol. The number of carbonyl (C=O) groups is 3. The van der Waals surface area contributed by atoms with Crippen molar-refractivity contribution in [2.24, 2.45) is 10.2 Å². The summed E-state index contributed by atoms with van der Waals surface area (Å²) >= 11 is 0. The normalized spacial score (nSPS) is 11.4. The first-order valence-corrected chi connectivity index (χ1v) is 12.0. The van der Waals surface area contributed by atoms with Gasteiger partial charge in [-0.25, -0.2) is 0 Å². The Kier molecular flexibility index (Phi) is 8.55. The highest BCUT2D eigenvalue weighted by atomic mass is 16.5. The SMILES string of the molecule is COC(=O)Cn1c(O)c(N=NC(=O)C(=Cc2ccc(OC)c(OC)c2)NC(=O)c2ccccc2)c2ccccc21. The zero-order valence-electron chi connectivity index (χ0n) is 22.0. The van der Waals surface area contributed by atoms with Gasteiger partial charge in [-0.05, 0) is 42.0 Å². The number of benzene rings is 3. The number of esters is 1. The summed E-state index contributed by atoms with van der Waals surface area (Å²) in [5.41, 5.74) is 1.14. The average Bonchev–Trinajstić information content (AvgIpc) is 3.25. The van der Waals surface area contributed by atoms with Crippen LogP contribution in [0, 0.1) is 0 Å². The quantitative estimate of drug-likeness (QED) is 0.179. The van der Waals surface area contributed by atoms with Gasteiger partial charge in [0.05, 0.1) is 26.8 Å². The van der Waals surface area contributed by atoms with E-state index in [0.717, 1.165) is 0 Å². The van der Waals surface area contributed by atoms with Crippen molar-refractivity contribution in [3.8, 4) is 17.4 Å². The van der Waals surface area contributed by atoms with Gasteiger partial charge in [-0.15, -0.1) is 10.2 Å². The van der Waals surface area contributed by atoms with Crippen molar-refractivity contribution >= 4 is 40.4 Å². The lowest BCUT2D eigenvalue weighted by atomic mass is 10.1. The van der Waals surface area contributed by atoms with Crippen LogP contribution in [0.4, 0.5) is 5.69 Å². The summed E-state index contributed by atoms with van der Waals surface area (Å²) in [7, 11) is 4.21. The Labute approximate surface area is 229 Å². The van der Waals surface area contributed by atoms with Crippen molar-refractivity contribution in [2.75, 3.05) is 21.3 Å². The summed E-state index contributed by atoms with van der Waals surface area (Å²) in [5.74, 6) is -1.47. The molecule has 0 saturated carbocycles. The van der Waals surface area contributed by atoms with E-state index in [9.17, 15) is 19.5 Å². The molecule has 2 N–H and O–H groups in total. The van der Waals surface area contributed by atoms with Gasteiger partial charge in [0.1, 0.15) is 12.2 Å². The molecule has 4 rings (SSSR count). The zero-order valence-corrected chi connectivity index (χ0v) is 22.0. The van der Waals surface area contributed by atoms with Crippen molar-refractivity contribution in [3.63, 3.8) is 0 Å². The first kappa shape index (κ1) is 27.6. The Morgan fingerprint density at radius 2 is 1.62 bits per heavy atom. The molecule has 40 heavy (non-hydrogen) atoms. The van der Waals surface area contributed by atoms with E-state index in [1.165, 1.54) is 32.0 Å². The number of fused-ring (bicyclic) bond motifs is 1. The van der Waals surface area contributed by atoms with E-state index in [1.54, 1.807) is 72.8 Å². The molecule has 2 amide bonds. The molecule has 0 aliphatic rings. The summed E-state index contributed by atoms with van der Waals surface area (Å²) in [6, 6.07) is 20.1. The molecule has 4 aromatic rings. The first-order chi connectivity index (χ1) is 19.4. The van der Waals surface area contributed by atoms with Crippen LogP contribution >= 0.6 is 0 Å². The number of rotatable bonds is 9. The maximum absolute atomic E-state index is 13.3. The number of aromatic hydroxyl groups is 1. The van der Waals surface area contributed by atoms with Crippen LogP contribution in [0.15, 0.2) is 88.7 Å². The van der Waals surface area contributed by atoms with Gasteiger partial charge in [0, 0.05) is 10.9 Å². The van der Waals surface area contributed by atoms with E-state index in [4.69, 9.17) is 14.2 Å². The molecule has 0 unspecified atom stereocenters. The van der Waals surface area contributed by atoms with Crippen LogP contribution in [0.1, 0.15) is 15.9 Å². The highest BCUT2D eigenvalue weighted by Crippen LogP contribution is 2.39. The molecule has 0 radical (unpaired) electrons. The van der Waals surface area contributed by atoms with Crippen LogP contribution in [-0.2, 0) is 20.9 Å². The molecule has 0 aliphatic heterocycles. The van der Waals surface area contributed by atoms with Crippen molar-refractivity contribution in [1.82, 2.24) is 9.88 Å². The van der Waals surface area contributed by atoms with E-state index in [0.29, 0.717) is 33.5 Å². The molecule has 0 bridgehead atoms. The Hall–Kier alpha value is -5.45. The molecular formula is C29H26N4O7. The lowest BCUT2D eigenvalue weighted by Gasteiger charge is -2.10. The standard InChI is InChI=1S/C29H26N4O7/c1-38-23-14-13-18(16-24(23)39-2)15-21(30-27(35)19-9-5-4-6-10-19)28(36)32-31-26-20-11-7-8-12-22(20)33(29(26)37)17-25(34)40-3/h4-16,37H,17H2,1-3H3,(H,30,35). The number of hydrogen-bond donors (Lipinski definition) is 2. The molecule has 204 valence electrons. The number of ether oxygens (including phenoxy) is 3. The number of amides is 2. The Morgan fingerprint density at radius 1 is 0.925 bits per heavy atom. The smallest absolute Gasteiger partial charge is 0.325 e. The number of azo groups is 1. The lowest BCUT2D eigenvalue weighted by Crippen LogP contribution is -2.26. The number of hydrogen-bond acceptors (Lipinski definition) is 8. The van der Waals surface area contributed by atoms with Crippen LogP contribution in [0.5, 0.6) is 17.4 Å². The number of para-hydroxylation sites is 1. The van der Waals surface area contributed by atoms with Crippen LogP contribution < -0.4 is 14.8 Å². The topological polar surface area (TPSA) is 141 Å². The summed E-state index contributed by atoms with van der Waals surface area (Å²) in [4.78, 5) is 38.1. The third kappa shape index (κ3) is 5.99. The number of methoxy groups -OCH3 is 3. The van der Waals surface area contributed by atoms with Gasteiger partial charge in [0.2, 0.25) is 5.88 Å². The van der Waals surface area contributed by atoms with Crippen LogP contribution in [0.3, 0.4) is 0 Å². The minimum Gasteiger partial charge on any atom is -0.493 e. The molecule has 0 aliphatic carbocycles. The molecule has 0 fully saturated rings. The lowest BCUT2D eigenvalue weighted by molar-refractivity contribution is -0.141. The number of aromatic nitrogens is 1. The van der Waals surface area contributed by atoms with Crippen LogP contribution in [0.25, 0.3) is 17.0 Å². The van der Waals surface area contributed by atoms with Gasteiger partial charge in [-0.1, -0.05) is 42.5 Å². The number of nitrogens with zero attached hydrogens (tertiary/aromatic N) is 3. The highest BCUT2D eigenvalue weighted by Gasteiger charge is 2.20. The van der Waals surface area contributed by atoms with Gasteiger partial charge >= 0.3 is 11.9 Å². The summed E-state index contributed by atoms with van der Waals surface area (Å²) in [6.45, 7) is -0.274. The minimum absolute atomic E-state index is 0.0206. The Bertz CT molecular complexity index is 1620. The van der Waals surface area contributed by atoms with E-state index < -0.39 is 17.8 Å².